The minimum absolute atomic E-state index is 0. The van der Waals surface area contributed by atoms with Gasteiger partial charge in [-0.15, -0.1) is 24.0 Å². The molecule has 0 aliphatic rings. The molecule has 0 saturated heterocycles. The molecule has 0 aliphatic heterocycles. The van der Waals surface area contributed by atoms with Crippen molar-refractivity contribution in [3.8, 4) is 5.75 Å². The number of nitrogens with one attached hydrogen (secondary N) is 2. The number of aliphatic imine (C=N–C) groups is 1. The highest BCUT2D eigenvalue weighted by Crippen LogP contribution is 2.12. The number of halogens is 1. The molecule has 6 nitrogen and oxygen atoms in total. The molecule has 0 saturated carbocycles. The van der Waals surface area contributed by atoms with Crippen molar-refractivity contribution in [1.29, 1.82) is 0 Å². The van der Waals surface area contributed by atoms with E-state index in [-0.39, 0.29) is 37.1 Å². The first kappa shape index (κ1) is 22.3. The largest absolute Gasteiger partial charge is 0.491 e. The van der Waals surface area contributed by atoms with Gasteiger partial charge in [-0.3, -0.25) is 4.99 Å². The molecule has 0 amide bonds. The first-order chi connectivity index (χ1) is 12.2. The van der Waals surface area contributed by atoms with Gasteiger partial charge in [0.05, 0.1) is 12.8 Å². The van der Waals surface area contributed by atoms with Crippen LogP contribution in [0.3, 0.4) is 0 Å². The lowest BCUT2D eigenvalue weighted by molar-refractivity contribution is 0.114. The van der Waals surface area contributed by atoms with Crippen molar-refractivity contribution < 1.29 is 14.3 Å². The summed E-state index contributed by atoms with van der Waals surface area (Å²) in [6, 6.07) is 11.6. The minimum Gasteiger partial charge on any atom is -0.491 e. The summed E-state index contributed by atoms with van der Waals surface area (Å²) >= 11 is 0. The van der Waals surface area contributed by atoms with Crippen LogP contribution in [0.1, 0.15) is 18.2 Å². The minimum atomic E-state index is -0.666. The number of benzene rings is 1. The van der Waals surface area contributed by atoms with Crippen molar-refractivity contribution in [2.24, 2.45) is 4.99 Å². The number of hydrogen-bond acceptors (Lipinski definition) is 4. The molecule has 0 fully saturated rings. The molecule has 2 aromatic rings. The van der Waals surface area contributed by atoms with Crippen LogP contribution in [0.4, 0.5) is 0 Å². The van der Waals surface area contributed by atoms with Gasteiger partial charge in [-0.25, -0.2) is 0 Å². The standard InChI is InChI=1S/C19H27N3O3.HI/c1-3-20-19(21-10-9-17-8-5-11-24-17)22-13-16(23)14-25-18-7-4-6-15(2)12-18;/h4-8,11-12,16,23H,3,9-10,13-14H2,1-2H3,(H2,20,21,22);1H. The molecule has 0 bridgehead atoms. The number of ether oxygens (including phenoxy) is 1. The number of furan rings is 1. The summed E-state index contributed by atoms with van der Waals surface area (Å²) in [5.74, 6) is 2.35. The average molecular weight is 473 g/mol. The van der Waals surface area contributed by atoms with Gasteiger partial charge in [-0.2, -0.15) is 0 Å². The van der Waals surface area contributed by atoms with E-state index in [1.807, 2.05) is 50.2 Å². The molecule has 2 rings (SSSR count). The van der Waals surface area contributed by atoms with Gasteiger partial charge in [0.25, 0.3) is 0 Å². The van der Waals surface area contributed by atoms with E-state index in [0.29, 0.717) is 12.5 Å². The zero-order chi connectivity index (χ0) is 17.9. The maximum atomic E-state index is 10.1. The summed E-state index contributed by atoms with van der Waals surface area (Å²) in [5, 5.41) is 16.4. The Morgan fingerprint density at radius 1 is 1.27 bits per heavy atom. The number of aliphatic hydroxyl groups is 1. The normalized spacial score (nSPS) is 12.2. The van der Waals surface area contributed by atoms with Gasteiger partial charge in [0.15, 0.2) is 5.96 Å². The fraction of sp³-hybridized carbons (Fsp3) is 0.421. The van der Waals surface area contributed by atoms with Gasteiger partial charge in [-0.05, 0) is 43.7 Å². The SMILES string of the molecule is CCNC(=NCC(O)COc1cccc(C)c1)NCCc1ccco1.I. The van der Waals surface area contributed by atoms with E-state index in [9.17, 15) is 5.11 Å². The molecular weight excluding hydrogens is 445 g/mol. The Morgan fingerprint density at radius 3 is 2.81 bits per heavy atom. The van der Waals surface area contributed by atoms with E-state index in [1.54, 1.807) is 6.26 Å². The van der Waals surface area contributed by atoms with Crippen LogP contribution in [0.5, 0.6) is 5.75 Å². The van der Waals surface area contributed by atoms with Gasteiger partial charge in [0, 0.05) is 19.5 Å². The molecule has 0 aliphatic carbocycles. The van der Waals surface area contributed by atoms with E-state index in [2.05, 4.69) is 15.6 Å². The molecule has 0 radical (unpaired) electrons. The Kier molecular flexibility index (Phi) is 10.8. The summed E-state index contributed by atoms with van der Waals surface area (Å²) in [4.78, 5) is 4.40. The summed E-state index contributed by atoms with van der Waals surface area (Å²) in [6.45, 7) is 5.93. The van der Waals surface area contributed by atoms with Crippen molar-refractivity contribution in [1.82, 2.24) is 10.6 Å². The Balaban J connectivity index is 0.00000338. The predicted octanol–water partition coefficient (Wildman–Crippen LogP) is 2.74. The molecule has 1 atom stereocenters. The number of rotatable bonds is 9. The van der Waals surface area contributed by atoms with Crippen LogP contribution < -0.4 is 15.4 Å². The third kappa shape index (κ3) is 8.57. The van der Waals surface area contributed by atoms with Crippen molar-refractivity contribution in [3.63, 3.8) is 0 Å². The van der Waals surface area contributed by atoms with Gasteiger partial charge >= 0.3 is 0 Å². The molecule has 3 N–H and O–H groups in total. The van der Waals surface area contributed by atoms with Crippen LogP contribution in [-0.4, -0.2) is 43.4 Å². The lowest BCUT2D eigenvalue weighted by Gasteiger charge is -2.13. The van der Waals surface area contributed by atoms with E-state index < -0.39 is 6.10 Å². The summed E-state index contributed by atoms with van der Waals surface area (Å²) in [6.07, 6.45) is 1.77. The summed E-state index contributed by atoms with van der Waals surface area (Å²) in [7, 11) is 0. The smallest absolute Gasteiger partial charge is 0.191 e. The second-order valence-corrected chi connectivity index (χ2v) is 5.76. The van der Waals surface area contributed by atoms with Gasteiger partial charge in [0.2, 0.25) is 0 Å². The number of hydrogen-bond donors (Lipinski definition) is 3. The quantitative estimate of drug-likeness (QED) is 0.297. The Morgan fingerprint density at radius 2 is 2.12 bits per heavy atom. The zero-order valence-corrected chi connectivity index (χ0v) is 17.6. The summed E-state index contributed by atoms with van der Waals surface area (Å²) < 4.78 is 10.9. The third-order valence-corrected chi connectivity index (χ3v) is 3.48. The van der Waals surface area contributed by atoms with E-state index in [4.69, 9.17) is 9.15 Å². The lowest BCUT2D eigenvalue weighted by atomic mass is 10.2. The van der Waals surface area contributed by atoms with Crippen LogP contribution in [0.2, 0.25) is 0 Å². The fourth-order valence-corrected chi connectivity index (χ4v) is 2.25. The van der Waals surface area contributed by atoms with Crippen molar-refractivity contribution in [2.45, 2.75) is 26.4 Å². The van der Waals surface area contributed by atoms with E-state index in [1.165, 1.54) is 0 Å². The van der Waals surface area contributed by atoms with Crippen molar-refractivity contribution in [2.75, 3.05) is 26.2 Å². The average Bonchev–Trinajstić information content (AvgIpc) is 3.11. The first-order valence-electron chi connectivity index (χ1n) is 8.59. The zero-order valence-electron chi connectivity index (χ0n) is 15.3. The second kappa shape index (κ2) is 12.6. The lowest BCUT2D eigenvalue weighted by Crippen LogP contribution is -2.39. The van der Waals surface area contributed by atoms with Gasteiger partial charge in [0.1, 0.15) is 24.2 Å². The first-order valence-corrected chi connectivity index (χ1v) is 8.59. The molecule has 0 spiro atoms. The highest BCUT2D eigenvalue weighted by molar-refractivity contribution is 14.0. The second-order valence-electron chi connectivity index (χ2n) is 5.76. The van der Waals surface area contributed by atoms with Crippen LogP contribution in [-0.2, 0) is 6.42 Å². The predicted molar refractivity (Wildman–Crippen MR) is 114 cm³/mol. The van der Waals surface area contributed by atoms with E-state index >= 15 is 0 Å². The summed E-state index contributed by atoms with van der Waals surface area (Å²) in [5.41, 5.74) is 1.13. The number of aliphatic hydroxyl groups excluding tert-OH is 1. The third-order valence-electron chi connectivity index (χ3n) is 3.48. The Bertz CT molecular complexity index is 647. The van der Waals surface area contributed by atoms with Crippen LogP contribution >= 0.6 is 24.0 Å². The molecule has 1 aromatic heterocycles. The van der Waals surface area contributed by atoms with Gasteiger partial charge in [-0.1, -0.05) is 12.1 Å². The molecule has 7 heteroatoms. The van der Waals surface area contributed by atoms with Crippen LogP contribution in [0, 0.1) is 6.92 Å². The Hall–Kier alpha value is -1.74. The molecule has 144 valence electrons. The van der Waals surface area contributed by atoms with E-state index in [0.717, 1.165) is 30.0 Å². The van der Waals surface area contributed by atoms with Crippen LogP contribution in [0.25, 0.3) is 0 Å². The molecule has 1 heterocycles. The molecule has 1 unspecified atom stereocenters. The number of nitrogens with zero attached hydrogens (tertiary/aromatic N) is 1. The van der Waals surface area contributed by atoms with Crippen molar-refractivity contribution >= 4 is 29.9 Å². The molecule has 26 heavy (non-hydrogen) atoms. The maximum Gasteiger partial charge on any atom is 0.191 e. The molecule has 1 aromatic carbocycles. The van der Waals surface area contributed by atoms with Crippen LogP contribution in [0.15, 0.2) is 52.1 Å². The monoisotopic (exact) mass is 473 g/mol. The number of guanidine groups is 1. The maximum absolute atomic E-state index is 10.1. The number of aryl methyl sites for hydroxylation is 1. The highest BCUT2D eigenvalue weighted by Gasteiger charge is 2.06. The van der Waals surface area contributed by atoms with Gasteiger partial charge < -0.3 is 24.9 Å². The topological polar surface area (TPSA) is 79.0 Å². The fourth-order valence-electron chi connectivity index (χ4n) is 2.25. The highest BCUT2D eigenvalue weighted by atomic mass is 127. The Labute approximate surface area is 172 Å². The van der Waals surface area contributed by atoms with Crippen molar-refractivity contribution in [3.05, 3.63) is 54.0 Å². The molecular formula is C19H28IN3O3.